The first-order valence-electron chi connectivity index (χ1n) is 5.51. The summed E-state index contributed by atoms with van der Waals surface area (Å²) in [6.07, 6.45) is 4.53. The maximum Gasteiger partial charge on any atom is 0.325 e. The summed E-state index contributed by atoms with van der Waals surface area (Å²) in [5.41, 5.74) is -0.262. The van der Waals surface area contributed by atoms with Crippen LogP contribution in [0.4, 0.5) is 0 Å². The van der Waals surface area contributed by atoms with Crippen molar-refractivity contribution in [3.63, 3.8) is 0 Å². The summed E-state index contributed by atoms with van der Waals surface area (Å²) in [5, 5.41) is 11.9. The number of H-pyrrole nitrogens is 2. The van der Waals surface area contributed by atoms with Crippen molar-refractivity contribution in [2.24, 2.45) is 0 Å². The maximum atomic E-state index is 11.8. The van der Waals surface area contributed by atoms with Crippen LogP contribution in [0.1, 0.15) is 0 Å². The first kappa shape index (κ1) is 12.3. The molecule has 0 aliphatic heterocycles. The summed E-state index contributed by atoms with van der Waals surface area (Å²) < 4.78 is 1.50. The zero-order chi connectivity index (χ0) is 14.1. The van der Waals surface area contributed by atoms with Crippen molar-refractivity contribution in [3.8, 4) is 16.9 Å². The van der Waals surface area contributed by atoms with Gasteiger partial charge in [0, 0.05) is 24.7 Å². The minimum atomic E-state index is -0.596. The predicted molar refractivity (Wildman–Crippen MR) is 70.8 cm³/mol. The normalized spacial score (nSPS) is 10.7. The Morgan fingerprint density at radius 3 is 2.80 bits per heavy atom. The van der Waals surface area contributed by atoms with Crippen LogP contribution >= 0.6 is 11.6 Å². The van der Waals surface area contributed by atoms with Gasteiger partial charge in [-0.05, 0) is 6.07 Å². The van der Waals surface area contributed by atoms with E-state index in [1.165, 1.54) is 16.9 Å². The molecule has 0 saturated carbocycles. The molecule has 8 nitrogen and oxygen atoms in total. The smallest absolute Gasteiger partial charge is 0.313 e. The van der Waals surface area contributed by atoms with Crippen LogP contribution in [0.15, 0.2) is 40.3 Å². The number of hydrogen-bond acceptors (Lipinski definition) is 5. The maximum absolute atomic E-state index is 11.8. The van der Waals surface area contributed by atoms with Gasteiger partial charge in [-0.3, -0.25) is 9.78 Å². The van der Waals surface area contributed by atoms with E-state index in [1.807, 2.05) is 0 Å². The lowest BCUT2D eigenvalue weighted by molar-refractivity contribution is 0.861. The molecule has 0 unspecified atom stereocenters. The van der Waals surface area contributed by atoms with Crippen LogP contribution in [0.5, 0.6) is 0 Å². The van der Waals surface area contributed by atoms with Crippen LogP contribution in [-0.2, 0) is 0 Å². The Balaban J connectivity index is 2.29. The van der Waals surface area contributed by atoms with Gasteiger partial charge in [-0.15, -0.1) is 10.2 Å². The molecule has 0 saturated heterocycles. The molecule has 0 aromatic carbocycles. The summed E-state index contributed by atoms with van der Waals surface area (Å²) in [4.78, 5) is 27.4. The fraction of sp³-hybridized carbons (Fsp3) is 0. The van der Waals surface area contributed by atoms with Crippen LogP contribution in [0.2, 0.25) is 5.15 Å². The van der Waals surface area contributed by atoms with E-state index < -0.39 is 11.2 Å². The van der Waals surface area contributed by atoms with Crippen LogP contribution < -0.4 is 11.2 Å². The second kappa shape index (κ2) is 4.74. The number of halogens is 1. The van der Waals surface area contributed by atoms with E-state index in [0.717, 1.165) is 0 Å². The molecule has 3 aromatic rings. The van der Waals surface area contributed by atoms with Gasteiger partial charge in [-0.2, -0.15) is 5.10 Å². The molecule has 0 radical (unpaired) electrons. The van der Waals surface area contributed by atoms with Crippen molar-refractivity contribution in [1.82, 2.24) is 29.9 Å². The Bertz CT molecular complexity index is 867. The van der Waals surface area contributed by atoms with Crippen molar-refractivity contribution < 1.29 is 0 Å². The second-order valence-corrected chi connectivity index (χ2v) is 4.22. The third-order valence-electron chi connectivity index (χ3n) is 2.57. The number of nitrogens with one attached hydrogen (secondary N) is 2. The molecule has 2 N–H and O–H groups in total. The molecule has 3 heterocycles. The molecule has 0 spiro atoms. The van der Waals surface area contributed by atoms with Crippen LogP contribution in [0.3, 0.4) is 0 Å². The Hall–Kier alpha value is -2.74. The average Bonchev–Trinajstić information content (AvgIpc) is 2.93. The first-order chi connectivity index (χ1) is 9.65. The topological polar surface area (TPSA) is 109 Å². The second-order valence-electron chi connectivity index (χ2n) is 3.84. The molecule has 9 heteroatoms. The Kier molecular flexibility index (Phi) is 2.92. The number of aromatic amines is 2. The highest BCUT2D eigenvalue weighted by atomic mass is 35.5. The monoisotopic (exact) mass is 290 g/mol. The fourth-order valence-corrected chi connectivity index (χ4v) is 1.86. The van der Waals surface area contributed by atoms with Crippen LogP contribution in [0.25, 0.3) is 16.9 Å². The zero-order valence-corrected chi connectivity index (χ0v) is 10.6. The molecule has 0 aliphatic rings. The summed E-state index contributed by atoms with van der Waals surface area (Å²) in [6, 6.07) is 3.25. The minimum absolute atomic E-state index is 0.166. The largest absolute Gasteiger partial charge is 0.325 e. The van der Waals surface area contributed by atoms with E-state index in [9.17, 15) is 9.59 Å². The SMILES string of the molecule is O=c1[nH]cc(-c2nnc(Cl)cc2-n2cccn2)c(=O)[nH]1. The average molecular weight is 291 g/mol. The van der Waals surface area contributed by atoms with Gasteiger partial charge in [-0.1, -0.05) is 11.6 Å². The lowest BCUT2D eigenvalue weighted by Gasteiger charge is -2.07. The van der Waals surface area contributed by atoms with Crippen LogP contribution in [-0.4, -0.2) is 29.9 Å². The minimum Gasteiger partial charge on any atom is -0.313 e. The van der Waals surface area contributed by atoms with Crippen molar-refractivity contribution in [2.45, 2.75) is 0 Å². The number of nitrogens with zero attached hydrogens (tertiary/aromatic N) is 4. The molecule has 100 valence electrons. The molecular weight excluding hydrogens is 284 g/mol. The molecule has 0 aliphatic carbocycles. The quantitative estimate of drug-likeness (QED) is 0.708. The highest BCUT2D eigenvalue weighted by Gasteiger charge is 2.14. The number of rotatable bonds is 2. The molecule has 0 fully saturated rings. The Morgan fingerprint density at radius 2 is 2.10 bits per heavy atom. The Morgan fingerprint density at radius 1 is 1.25 bits per heavy atom. The van der Waals surface area contributed by atoms with Crippen molar-refractivity contribution in [3.05, 3.63) is 56.7 Å². The van der Waals surface area contributed by atoms with Crippen molar-refractivity contribution in [2.75, 3.05) is 0 Å². The predicted octanol–water partition coefficient (Wildman–Crippen LogP) is 0.359. The molecular formula is C11H7ClN6O2. The lowest BCUT2D eigenvalue weighted by Crippen LogP contribution is -2.23. The first-order valence-corrected chi connectivity index (χ1v) is 5.88. The molecule has 3 aromatic heterocycles. The highest BCUT2D eigenvalue weighted by Crippen LogP contribution is 2.21. The lowest BCUT2D eigenvalue weighted by atomic mass is 10.2. The van der Waals surface area contributed by atoms with Gasteiger partial charge >= 0.3 is 5.69 Å². The number of hydrogen-bond donors (Lipinski definition) is 2. The Labute approximate surface area is 116 Å². The summed E-state index contributed by atoms with van der Waals surface area (Å²) in [7, 11) is 0. The van der Waals surface area contributed by atoms with Gasteiger partial charge in [-0.25, -0.2) is 9.48 Å². The summed E-state index contributed by atoms with van der Waals surface area (Å²) >= 11 is 5.83. The fourth-order valence-electron chi connectivity index (χ4n) is 1.72. The van der Waals surface area contributed by atoms with Gasteiger partial charge in [0.2, 0.25) is 0 Å². The van der Waals surface area contributed by atoms with Crippen molar-refractivity contribution in [1.29, 1.82) is 0 Å². The van der Waals surface area contributed by atoms with Gasteiger partial charge in [0.05, 0.1) is 11.3 Å². The standard InChI is InChI=1S/C11H7ClN6O2/c12-8-4-7(18-3-1-2-14-18)9(17-16-8)6-5-13-11(20)15-10(6)19/h1-5H,(H2,13,15,19,20). The molecule has 3 rings (SSSR count). The van der Waals surface area contributed by atoms with E-state index in [2.05, 4.69) is 25.3 Å². The van der Waals surface area contributed by atoms with E-state index in [1.54, 1.807) is 18.5 Å². The molecule has 0 atom stereocenters. The van der Waals surface area contributed by atoms with Crippen LogP contribution in [0, 0.1) is 0 Å². The van der Waals surface area contributed by atoms with Gasteiger partial charge in [0.15, 0.2) is 5.15 Å². The summed E-state index contributed by atoms with van der Waals surface area (Å²) in [6.45, 7) is 0. The third-order valence-corrected chi connectivity index (χ3v) is 2.75. The van der Waals surface area contributed by atoms with E-state index >= 15 is 0 Å². The van der Waals surface area contributed by atoms with E-state index in [-0.39, 0.29) is 16.4 Å². The van der Waals surface area contributed by atoms with Gasteiger partial charge in [0.25, 0.3) is 5.56 Å². The van der Waals surface area contributed by atoms with E-state index in [0.29, 0.717) is 5.69 Å². The number of aromatic nitrogens is 6. The van der Waals surface area contributed by atoms with Crippen molar-refractivity contribution >= 4 is 11.6 Å². The van der Waals surface area contributed by atoms with Gasteiger partial charge < -0.3 is 4.98 Å². The highest BCUT2D eigenvalue weighted by molar-refractivity contribution is 6.29. The van der Waals surface area contributed by atoms with E-state index in [4.69, 9.17) is 11.6 Å². The molecule has 0 bridgehead atoms. The molecule has 20 heavy (non-hydrogen) atoms. The summed E-state index contributed by atoms with van der Waals surface area (Å²) in [5.74, 6) is 0. The van der Waals surface area contributed by atoms with Gasteiger partial charge in [0.1, 0.15) is 5.69 Å². The zero-order valence-electron chi connectivity index (χ0n) is 9.87. The third kappa shape index (κ3) is 2.12. The molecule has 0 amide bonds.